The molecule has 0 aliphatic heterocycles. The van der Waals surface area contributed by atoms with Gasteiger partial charge in [0.2, 0.25) is 5.88 Å². The van der Waals surface area contributed by atoms with Crippen molar-refractivity contribution in [3.8, 4) is 5.88 Å². The molecule has 94 valence electrons. The van der Waals surface area contributed by atoms with Crippen molar-refractivity contribution >= 4 is 0 Å². The molecule has 2 N–H and O–H groups in total. The summed E-state index contributed by atoms with van der Waals surface area (Å²) in [5, 5.41) is 0. The van der Waals surface area contributed by atoms with Crippen molar-refractivity contribution in [1.82, 2.24) is 9.97 Å². The molecule has 1 aliphatic carbocycles. The minimum atomic E-state index is 0.187. The molecule has 1 heterocycles. The molecule has 1 saturated carbocycles. The van der Waals surface area contributed by atoms with E-state index in [0.29, 0.717) is 18.5 Å². The minimum absolute atomic E-state index is 0.187. The van der Waals surface area contributed by atoms with Crippen LogP contribution in [0.15, 0.2) is 12.4 Å². The van der Waals surface area contributed by atoms with E-state index in [4.69, 9.17) is 15.2 Å². The molecule has 1 fully saturated rings. The van der Waals surface area contributed by atoms with Crippen molar-refractivity contribution in [2.24, 2.45) is 5.73 Å². The van der Waals surface area contributed by atoms with Gasteiger partial charge < -0.3 is 15.2 Å². The molecule has 1 aromatic rings. The predicted molar refractivity (Wildman–Crippen MR) is 63.6 cm³/mol. The fourth-order valence-electron chi connectivity index (χ4n) is 2.10. The van der Waals surface area contributed by atoms with Crippen LogP contribution in [0.1, 0.15) is 31.4 Å². The Morgan fingerprint density at radius 1 is 1.29 bits per heavy atom. The number of nitrogens with two attached hydrogens (primary N) is 1. The second-order valence-corrected chi connectivity index (χ2v) is 4.31. The molecule has 0 amide bonds. The Hall–Kier alpha value is -1.20. The van der Waals surface area contributed by atoms with Gasteiger partial charge >= 0.3 is 0 Å². The molecule has 5 nitrogen and oxygen atoms in total. The molecule has 0 bridgehead atoms. The maximum absolute atomic E-state index is 5.79. The molecule has 1 aliphatic rings. The normalized spacial score (nSPS) is 24.6. The Morgan fingerprint density at radius 2 is 2.12 bits per heavy atom. The smallest absolute Gasteiger partial charge is 0.232 e. The second-order valence-electron chi connectivity index (χ2n) is 4.31. The third-order valence-corrected chi connectivity index (χ3v) is 3.09. The highest BCUT2D eigenvalue weighted by atomic mass is 16.5. The first-order valence-electron chi connectivity index (χ1n) is 6.02. The van der Waals surface area contributed by atoms with Gasteiger partial charge in [-0.2, -0.15) is 0 Å². The Bertz CT molecular complexity index is 342. The topological polar surface area (TPSA) is 70.3 Å². The third-order valence-electron chi connectivity index (χ3n) is 3.09. The van der Waals surface area contributed by atoms with Crippen molar-refractivity contribution < 1.29 is 9.47 Å². The Labute approximate surface area is 101 Å². The SMILES string of the molecule is COC1CCCC(Oc2cnc(CN)cn2)C1. The molecule has 0 saturated heterocycles. The molecule has 17 heavy (non-hydrogen) atoms. The first-order valence-corrected chi connectivity index (χ1v) is 6.02. The zero-order chi connectivity index (χ0) is 12.1. The van der Waals surface area contributed by atoms with Crippen LogP contribution in [0.2, 0.25) is 0 Å². The summed E-state index contributed by atoms with van der Waals surface area (Å²) >= 11 is 0. The standard InChI is InChI=1S/C12H19N3O2/c1-16-10-3-2-4-11(5-10)17-12-8-14-9(6-13)7-15-12/h7-8,10-11H,2-6,13H2,1H3. The van der Waals surface area contributed by atoms with Gasteiger partial charge in [-0.25, -0.2) is 4.98 Å². The van der Waals surface area contributed by atoms with Crippen molar-refractivity contribution in [2.45, 2.75) is 44.4 Å². The summed E-state index contributed by atoms with van der Waals surface area (Å²) in [7, 11) is 1.75. The molecule has 0 radical (unpaired) electrons. The maximum Gasteiger partial charge on any atom is 0.232 e. The van der Waals surface area contributed by atoms with Gasteiger partial charge in [-0.3, -0.25) is 4.98 Å². The van der Waals surface area contributed by atoms with Gasteiger partial charge in [0.15, 0.2) is 0 Å². The summed E-state index contributed by atoms with van der Waals surface area (Å²) in [5.74, 6) is 0.573. The van der Waals surface area contributed by atoms with Gasteiger partial charge in [0.05, 0.1) is 24.2 Å². The summed E-state index contributed by atoms with van der Waals surface area (Å²) in [6.45, 7) is 0.405. The van der Waals surface area contributed by atoms with Crippen LogP contribution in [0.3, 0.4) is 0 Å². The maximum atomic E-state index is 5.79. The van der Waals surface area contributed by atoms with Crippen molar-refractivity contribution in [3.05, 3.63) is 18.1 Å². The van der Waals surface area contributed by atoms with E-state index < -0.39 is 0 Å². The highest BCUT2D eigenvalue weighted by Crippen LogP contribution is 2.24. The van der Waals surface area contributed by atoms with Crippen LogP contribution in [0.5, 0.6) is 5.88 Å². The summed E-state index contributed by atoms with van der Waals surface area (Å²) in [4.78, 5) is 8.35. The Morgan fingerprint density at radius 3 is 2.76 bits per heavy atom. The van der Waals surface area contributed by atoms with Crippen LogP contribution in [0.25, 0.3) is 0 Å². The van der Waals surface area contributed by atoms with Gasteiger partial charge in [0, 0.05) is 20.1 Å². The number of hydrogen-bond donors (Lipinski definition) is 1. The van der Waals surface area contributed by atoms with Crippen molar-refractivity contribution in [1.29, 1.82) is 0 Å². The van der Waals surface area contributed by atoms with Crippen LogP contribution in [0, 0.1) is 0 Å². The first kappa shape index (κ1) is 12.3. The van der Waals surface area contributed by atoms with Crippen LogP contribution < -0.4 is 10.5 Å². The lowest BCUT2D eigenvalue weighted by atomic mass is 9.95. The van der Waals surface area contributed by atoms with Crippen LogP contribution in [-0.2, 0) is 11.3 Å². The quantitative estimate of drug-likeness (QED) is 0.854. The Kier molecular flexibility index (Phi) is 4.28. The Balaban J connectivity index is 1.90. The minimum Gasteiger partial charge on any atom is -0.473 e. The molecule has 2 atom stereocenters. The lowest BCUT2D eigenvalue weighted by Crippen LogP contribution is -2.29. The molecule has 2 unspecified atom stereocenters. The van der Waals surface area contributed by atoms with Crippen LogP contribution in [-0.4, -0.2) is 29.3 Å². The van der Waals surface area contributed by atoms with E-state index in [1.165, 1.54) is 0 Å². The number of aromatic nitrogens is 2. The van der Waals surface area contributed by atoms with Gasteiger partial charge in [-0.05, 0) is 19.3 Å². The largest absolute Gasteiger partial charge is 0.473 e. The van der Waals surface area contributed by atoms with E-state index in [1.807, 2.05) is 0 Å². The number of hydrogen-bond acceptors (Lipinski definition) is 5. The van der Waals surface area contributed by atoms with E-state index in [1.54, 1.807) is 19.5 Å². The lowest BCUT2D eigenvalue weighted by molar-refractivity contribution is 0.0193. The zero-order valence-corrected chi connectivity index (χ0v) is 10.1. The zero-order valence-electron chi connectivity index (χ0n) is 10.1. The van der Waals surface area contributed by atoms with Crippen LogP contribution in [0.4, 0.5) is 0 Å². The molecular formula is C12H19N3O2. The number of ether oxygens (including phenoxy) is 2. The molecular weight excluding hydrogens is 218 g/mol. The molecule has 2 rings (SSSR count). The van der Waals surface area contributed by atoms with Crippen LogP contribution >= 0.6 is 0 Å². The van der Waals surface area contributed by atoms with Gasteiger partial charge in [0.25, 0.3) is 0 Å². The van der Waals surface area contributed by atoms with E-state index in [-0.39, 0.29) is 6.10 Å². The molecule has 0 spiro atoms. The molecule has 0 aromatic carbocycles. The van der Waals surface area contributed by atoms with E-state index in [0.717, 1.165) is 31.4 Å². The second kappa shape index (κ2) is 5.93. The predicted octanol–water partition coefficient (Wildman–Crippen LogP) is 1.27. The lowest BCUT2D eigenvalue weighted by Gasteiger charge is -2.28. The summed E-state index contributed by atoms with van der Waals surface area (Å²) in [6.07, 6.45) is 8.03. The van der Waals surface area contributed by atoms with Gasteiger partial charge in [-0.15, -0.1) is 0 Å². The monoisotopic (exact) mass is 237 g/mol. The van der Waals surface area contributed by atoms with E-state index in [9.17, 15) is 0 Å². The highest BCUT2D eigenvalue weighted by molar-refractivity contribution is 5.07. The molecule has 5 heteroatoms. The van der Waals surface area contributed by atoms with E-state index >= 15 is 0 Å². The van der Waals surface area contributed by atoms with E-state index in [2.05, 4.69) is 9.97 Å². The number of nitrogens with zero attached hydrogens (tertiary/aromatic N) is 2. The first-order chi connectivity index (χ1) is 8.31. The average Bonchev–Trinajstić information content (AvgIpc) is 2.40. The molecule has 1 aromatic heterocycles. The van der Waals surface area contributed by atoms with Gasteiger partial charge in [0.1, 0.15) is 6.10 Å². The average molecular weight is 237 g/mol. The fraction of sp³-hybridized carbons (Fsp3) is 0.667. The number of methoxy groups -OCH3 is 1. The number of rotatable bonds is 4. The fourth-order valence-corrected chi connectivity index (χ4v) is 2.10. The summed E-state index contributed by atoms with van der Waals surface area (Å²) < 4.78 is 11.2. The van der Waals surface area contributed by atoms with Crippen molar-refractivity contribution in [2.75, 3.05) is 7.11 Å². The third kappa shape index (κ3) is 3.38. The summed E-state index contributed by atoms with van der Waals surface area (Å²) in [5.41, 5.74) is 6.23. The van der Waals surface area contributed by atoms with Crippen molar-refractivity contribution in [3.63, 3.8) is 0 Å². The summed E-state index contributed by atoms with van der Waals surface area (Å²) in [6, 6.07) is 0. The van der Waals surface area contributed by atoms with Gasteiger partial charge in [-0.1, -0.05) is 0 Å². The highest BCUT2D eigenvalue weighted by Gasteiger charge is 2.23.